The molecule has 0 N–H and O–H groups in total. The molecule has 2 aromatic rings. The largest absolute Gasteiger partial charge is 0.493 e. The van der Waals surface area contributed by atoms with E-state index in [2.05, 4.69) is 15.9 Å². The summed E-state index contributed by atoms with van der Waals surface area (Å²) in [4.78, 5) is 12.8. The number of fused-ring (bicyclic) bond motifs is 1. The Bertz CT molecular complexity index is 677. The summed E-state index contributed by atoms with van der Waals surface area (Å²) in [5.74, 6) is 0.797. The fourth-order valence-corrected chi connectivity index (χ4v) is 2.91. The minimum atomic E-state index is 0.0301. The van der Waals surface area contributed by atoms with Crippen LogP contribution in [0.15, 0.2) is 40.9 Å². The monoisotopic (exact) mass is 330 g/mol. The van der Waals surface area contributed by atoms with Gasteiger partial charge in [0, 0.05) is 10.0 Å². The Labute approximate surface area is 126 Å². The number of ketones is 1. The molecule has 0 aromatic heterocycles. The van der Waals surface area contributed by atoms with E-state index in [0.29, 0.717) is 12.2 Å². The van der Waals surface area contributed by atoms with E-state index in [0.717, 1.165) is 39.8 Å². The van der Waals surface area contributed by atoms with Crippen molar-refractivity contribution in [3.63, 3.8) is 0 Å². The number of halogens is 1. The lowest BCUT2D eigenvalue weighted by molar-refractivity contribution is 0.103. The van der Waals surface area contributed by atoms with Crippen LogP contribution in [0.3, 0.4) is 0 Å². The molecule has 3 rings (SSSR count). The van der Waals surface area contributed by atoms with Gasteiger partial charge in [0.2, 0.25) is 0 Å². The van der Waals surface area contributed by atoms with Crippen molar-refractivity contribution in [3.8, 4) is 5.75 Å². The number of carbonyl (C=O) groups excluding carboxylic acids is 1. The van der Waals surface area contributed by atoms with Gasteiger partial charge in [-0.15, -0.1) is 0 Å². The topological polar surface area (TPSA) is 26.3 Å². The molecule has 0 radical (unpaired) electrons. The van der Waals surface area contributed by atoms with Gasteiger partial charge >= 0.3 is 0 Å². The molecule has 0 saturated heterocycles. The van der Waals surface area contributed by atoms with E-state index < -0.39 is 0 Å². The third-order valence-corrected chi connectivity index (χ3v) is 4.12. The molecule has 2 aromatic carbocycles. The number of rotatable bonds is 2. The first-order chi connectivity index (χ1) is 9.66. The first-order valence-electron chi connectivity index (χ1n) is 6.72. The van der Waals surface area contributed by atoms with Crippen molar-refractivity contribution >= 4 is 21.7 Å². The molecule has 2 nitrogen and oxygen atoms in total. The van der Waals surface area contributed by atoms with Gasteiger partial charge in [-0.05, 0) is 49.1 Å². The van der Waals surface area contributed by atoms with Crippen molar-refractivity contribution in [1.82, 2.24) is 0 Å². The predicted molar refractivity (Wildman–Crippen MR) is 82.6 cm³/mol. The van der Waals surface area contributed by atoms with Gasteiger partial charge in [-0.1, -0.05) is 34.1 Å². The second-order valence-electron chi connectivity index (χ2n) is 5.03. The molecule has 1 aliphatic heterocycles. The first kappa shape index (κ1) is 13.4. The van der Waals surface area contributed by atoms with E-state index in [4.69, 9.17) is 4.74 Å². The minimum Gasteiger partial charge on any atom is -0.493 e. The van der Waals surface area contributed by atoms with Gasteiger partial charge in [0.25, 0.3) is 0 Å². The fraction of sp³-hybridized carbons (Fsp3) is 0.235. The summed E-state index contributed by atoms with van der Waals surface area (Å²) in [6, 6.07) is 11.6. The predicted octanol–water partition coefficient (Wildman–Crippen LogP) is 4.31. The van der Waals surface area contributed by atoms with E-state index in [1.807, 2.05) is 43.3 Å². The van der Waals surface area contributed by atoms with E-state index in [1.165, 1.54) is 0 Å². The highest BCUT2D eigenvalue weighted by molar-refractivity contribution is 9.10. The molecule has 20 heavy (non-hydrogen) atoms. The van der Waals surface area contributed by atoms with Crippen LogP contribution in [0.25, 0.3) is 0 Å². The van der Waals surface area contributed by atoms with Crippen molar-refractivity contribution in [1.29, 1.82) is 0 Å². The molecule has 0 bridgehead atoms. The molecular weight excluding hydrogens is 316 g/mol. The van der Waals surface area contributed by atoms with Crippen molar-refractivity contribution in [3.05, 3.63) is 63.1 Å². The number of hydrogen-bond acceptors (Lipinski definition) is 2. The summed E-state index contributed by atoms with van der Waals surface area (Å²) in [7, 11) is 0. The third-order valence-electron chi connectivity index (χ3n) is 3.62. The van der Waals surface area contributed by atoms with Gasteiger partial charge in [-0.3, -0.25) is 4.79 Å². The van der Waals surface area contributed by atoms with Crippen LogP contribution in [-0.4, -0.2) is 12.4 Å². The van der Waals surface area contributed by atoms with Gasteiger partial charge in [0.15, 0.2) is 5.78 Å². The molecule has 0 unspecified atom stereocenters. The van der Waals surface area contributed by atoms with Gasteiger partial charge in [-0.25, -0.2) is 0 Å². The van der Waals surface area contributed by atoms with Crippen molar-refractivity contribution < 1.29 is 9.53 Å². The zero-order valence-corrected chi connectivity index (χ0v) is 12.9. The number of benzene rings is 2. The van der Waals surface area contributed by atoms with Gasteiger partial charge in [0.1, 0.15) is 5.75 Å². The molecule has 102 valence electrons. The molecular formula is C17H15BrO2. The highest BCUT2D eigenvalue weighted by Gasteiger charge is 2.21. The van der Waals surface area contributed by atoms with Crippen LogP contribution in [-0.2, 0) is 6.42 Å². The first-order valence-corrected chi connectivity index (χ1v) is 7.51. The molecule has 0 aliphatic carbocycles. The summed E-state index contributed by atoms with van der Waals surface area (Å²) in [6.45, 7) is 2.64. The Morgan fingerprint density at radius 3 is 2.90 bits per heavy atom. The minimum absolute atomic E-state index is 0.0301. The Balaban J connectivity index is 2.09. The highest BCUT2D eigenvalue weighted by Crippen LogP contribution is 2.31. The van der Waals surface area contributed by atoms with E-state index in [1.54, 1.807) is 0 Å². The molecule has 0 fully saturated rings. The SMILES string of the molecule is Cc1ccc(Br)cc1C(=O)c1cccc2c1OCCC2. The van der Waals surface area contributed by atoms with E-state index in [9.17, 15) is 4.79 Å². The quantitative estimate of drug-likeness (QED) is 0.767. The van der Waals surface area contributed by atoms with Crippen molar-refractivity contribution in [2.45, 2.75) is 19.8 Å². The van der Waals surface area contributed by atoms with Crippen LogP contribution in [0.1, 0.15) is 33.5 Å². The summed E-state index contributed by atoms with van der Waals surface area (Å²) in [5.41, 5.74) is 3.51. The van der Waals surface area contributed by atoms with Crippen LogP contribution in [0, 0.1) is 6.92 Å². The molecule has 0 saturated carbocycles. The van der Waals surface area contributed by atoms with E-state index >= 15 is 0 Å². The fourth-order valence-electron chi connectivity index (χ4n) is 2.55. The standard InChI is InChI=1S/C17H15BrO2/c1-11-7-8-13(18)10-15(11)16(19)14-6-2-4-12-5-3-9-20-17(12)14/h2,4,6-8,10H,3,5,9H2,1H3. The Morgan fingerprint density at radius 1 is 1.20 bits per heavy atom. The van der Waals surface area contributed by atoms with Gasteiger partial charge < -0.3 is 4.74 Å². The Kier molecular flexibility index (Phi) is 3.62. The average Bonchev–Trinajstić information content (AvgIpc) is 2.48. The maximum absolute atomic E-state index is 12.8. The summed E-state index contributed by atoms with van der Waals surface area (Å²) < 4.78 is 6.65. The Morgan fingerprint density at radius 2 is 2.05 bits per heavy atom. The van der Waals surface area contributed by atoms with Crippen LogP contribution < -0.4 is 4.74 Å². The second kappa shape index (κ2) is 5.41. The van der Waals surface area contributed by atoms with Crippen LogP contribution in [0.4, 0.5) is 0 Å². The third kappa shape index (κ3) is 2.38. The maximum Gasteiger partial charge on any atom is 0.197 e. The smallest absolute Gasteiger partial charge is 0.197 e. The molecule has 1 aliphatic rings. The number of hydrogen-bond donors (Lipinski definition) is 0. The van der Waals surface area contributed by atoms with E-state index in [-0.39, 0.29) is 5.78 Å². The summed E-state index contributed by atoms with van der Waals surface area (Å²) in [5, 5.41) is 0. The summed E-state index contributed by atoms with van der Waals surface area (Å²) >= 11 is 3.43. The number of carbonyl (C=O) groups is 1. The lowest BCUT2D eigenvalue weighted by atomic mass is 9.95. The zero-order valence-electron chi connectivity index (χ0n) is 11.3. The normalized spacial score (nSPS) is 13.5. The molecule has 0 spiro atoms. The molecule has 1 heterocycles. The molecule has 0 atom stereocenters. The van der Waals surface area contributed by atoms with Crippen molar-refractivity contribution in [2.24, 2.45) is 0 Å². The lowest BCUT2D eigenvalue weighted by Crippen LogP contribution is -2.14. The second-order valence-corrected chi connectivity index (χ2v) is 5.95. The maximum atomic E-state index is 12.8. The molecule has 3 heteroatoms. The Hall–Kier alpha value is -1.61. The number of ether oxygens (including phenoxy) is 1. The van der Waals surface area contributed by atoms with Crippen LogP contribution >= 0.6 is 15.9 Å². The van der Waals surface area contributed by atoms with Gasteiger partial charge in [-0.2, -0.15) is 0 Å². The highest BCUT2D eigenvalue weighted by atomic mass is 79.9. The van der Waals surface area contributed by atoms with Crippen LogP contribution in [0.5, 0.6) is 5.75 Å². The van der Waals surface area contributed by atoms with Crippen LogP contribution in [0.2, 0.25) is 0 Å². The molecule has 0 amide bonds. The zero-order chi connectivity index (χ0) is 14.1. The average molecular weight is 331 g/mol. The number of para-hydroxylation sites is 1. The summed E-state index contributed by atoms with van der Waals surface area (Å²) in [6.07, 6.45) is 1.99. The lowest BCUT2D eigenvalue weighted by Gasteiger charge is -2.20. The van der Waals surface area contributed by atoms with Gasteiger partial charge in [0.05, 0.1) is 12.2 Å². The number of aryl methyl sites for hydroxylation is 2. The van der Waals surface area contributed by atoms with Crippen molar-refractivity contribution in [2.75, 3.05) is 6.61 Å².